The van der Waals surface area contributed by atoms with Gasteiger partial charge < -0.3 is 28.5 Å². The highest BCUT2D eigenvalue weighted by Gasteiger charge is 2.01. The van der Waals surface area contributed by atoms with Crippen molar-refractivity contribution in [2.75, 3.05) is 27.7 Å². The topological polar surface area (TPSA) is 23.8 Å². The highest BCUT2D eigenvalue weighted by atomic mass is 127. The molecule has 0 aromatic heterocycles. The van der Waals surface area contributed by atoms with Crippen LogP contribution in [0.15, 0.2) is 0 Å². The number of hydrogen-bond acceptors (Lipinski definition) is 1. The largest absolute Gasteiger partial charge is 1.00 e. The van der Waals surface area contributed by atoms with Crippen LogP contribution in [-0.2, 0) is 0 Å². The summed E-state index contributed by atoms with van der Waals surface area (Å²) in [6.45, 7) is 0.583. The minimum Gasteiger partial charge on any atom is -1.00 e. The summed E-state index contributed by atoms with van der Waals surface area (Å²) >= 11 is 0. The number of nitrogens with zero attached hydrogens (tertiary/aromatic N) is 2. The second kappa shape index (κ2) is 6.73. The van der Waals surface area contributed by atoms with Crippen LogP contribution in [0.25, 0.3) is 0 Å². The van der Waals surface area contributed by atoms with Crippen molar-refractivity contribution in [3.05, 3.63) is 0 Å². The molecule has 1 atom stereocenters. The Labute approximate surface area is 77.5 Å². The van der Waals surface area contributed by atoms with Gasteiger partial charge in [-0.15, -0.1) is 0 Å². The first-order valence-corrected chi connectivity index (χ1v) is 2.24. The molecule has 0 bridgehead atoms. The normalized spacial score (nSPS) is 8.22. The molecule has 9 heavy (non-hydrogen) atoms. The van der Waals surface area contributed by atoms with Crippen molar-refractivity contribution in [3.63, 3.8) is 0 Å². The molecular formula is C5H14IN2P. The molecule has 56 valence electrons. The van der Waals surface area contributed by atoms with E-state index in [4.69, 9.17) is 5.26 Å². The third kappa shape index (κ3) is 17.7. The molecule has 0 amide bonds. The van der Waals surface area contributed by atoms with E-state index in [9.17, 15) is 0 Å². The first-order chi connectivity index (χ1) is 3.06. The summed E-state index contributed by atoms with van der Waals surface area (Å²) in [6, 6.07) is 2.08. The van der Waals surface area contributed by atoms with Gasteiger partial charge >= 0.3 is 0 Å². The van der Waals surface area contributed by atoms with Gasteiger partial charge in [-0.25, -0.2) is 0 Å². The minimum absolute atomic E-state index is 0. The van der Waals surface area contributed by atoms with Gasteiger partial charge in [-0.3, -0.25) is 0 Å². The van der Waals surface area contributed by atoms with Crippen molar-refractivity contribution < 1.29 is 28.5 Å². The van der Waals surface area contributed by atoms with Crippen LogP contribution in [0, 0.1) is 11.3 Å². The maximum atomic E-state index is 8.14. The van der Waals surface area contributed by atoms with Crippen LogP contribution in [0.1, 0.15) is 0 Å². The monoisotopic (exact) mass is 260 g/mol. The van der Waals surface area contributed by atoms with Gasteiger partial charge in [0.1, 0.15) is 6.07 Å². The summed E-state index contributed by atoms with van der Waals surface area (Å²) < 4.78 is 0.733. The van der Waals surface area contributed by atoms with Gasteiger partial charge in [-0.05, 0) is 0 Å². The Hall–Kier alpha value is 0.610. The molecule has 0 aromatic rings. The second-order valence-corrected chi connectivity index (χ2v) is 2.61. The minimum atomic E-state index is 0. The molecule has 0 aliphatic rings. The Morgan fingerprint density at radius 1 is 1.33 bits per heavy atom. The van der Waals surface area contributed by atoms with Gasteiger partial charge in [0.25, 0.3) is 0 Å². The number of quaternary nitrogens is 1. The molecule has 0 aliphatic heterocycles. The average Bonchev–Trinajstić information content (AvgIpc) is 1.30. The Bertz CT molecular complexity index is 92.1. The van der Waals surface area contributed by atoms with E-state index >= 15 is 0 Å². The van der Waals surface area contributed by atoms with Crippen molar-refractivity contribution in [2.45, 2.75) is 0 Å². The van der Waals surface area contributed by atoms with Crippen LogP contribution >= 0.6 is 9.90 Å². The van der Waals surface area contributed by atoms with Gasteiger partial charge in [0.15, 0.2) is 6.54 Å². The molecule has 0 N–H and O–H groups in total. The zero-order valence-electron chi connectivity index (χ0n) is 6.19. The lowest BCUT2D eigenvalue weighted by Gasteiger charge is -2.18. The lowest BCUT2D eigenvalue weighted by Crippen LogP contribution is -3.00. The van der Waals surface area contributed by atoms with Gasteiger partial charge in [-0.1, -0.05) is 0 Å². The highest BCUT2D eigenvalue weighted by Crippen LogP contribution is 1.84. The second-order valence-electron chi connectivity index (χ2n) is 2.61. The molecule has 0 heterocycles. The smallest absolute Gasteiger partial charge is 0.165 e. The van der Waals surface area contributed by atoms with E-state index in [0.717, 1.165) is 4.48 Å². The lowest BCUT2D eigenvalue weighted by molar-refractivity contribution is -0.863. The Kier molecular flexibility index (Phi) is 12.2. The average molecular weight is 260 g/mol. The molecule has 0 saturated carbocycles. The number of nitriles is 1. The van der Waals surface area contributed by atoms with Gasteiger partial charge in [0, 0.05) is 0 Å². The Balaban J connectivity index is -0.000000180. The lowest BCUT2D eigenvalue weighted by atomic mass is 10.6. The van der Waals surface area contributed by atoms with E-state index in [-0.39, 0.29) is 33.9 Å². The fraction of sp³-hybridized carbons (Fsp3) is 0.800. The molecule has 4 heteroatoms. The first-order valence-electron chi connectivity index (χ1n) is 2.24. The fourth-order valence-electron chi connectivity index (χ4n) is 0.212. The van der Waals surface area contributed by atoms with Crippen LogP contribution < -0.4 is 24.0 Å². The van der Waals surface area contributed by atoms with E-state index in [1.165, 1.54) is 0 Å². The number of hydrogen-bond donors (Lipinski definition) is 0. The van der Waals surface area contributed by atoms with Crippen LogP contribution in [0.3, 0.4) is 0 Å². The molecule has 1 unspecified atom stereocenters. The van der Waals surface area contributed by atoms with E-state index in [1.54, 1.807) is 0 Å². The quantitative estimate of drug-likeness (QED) is 0.217. The third-order valence-electron chi connectivity index (χ3n) is 0.545. The van der Waals surface area contributed by atoms with E-state index in [1.807, 2.05) is 21.1 Å². The number of halogens is 1. The molecular weight excluding hydrogens is 246 g/mol. The molecule has 2 nitrogen and oxygen atoms in total. The van der Waals surface area contributed by atoms with Crippen molar-refractivity contribution in [1.29, 1.82) is 5.26 Å². The standard InChI is InChI=1S/C5H11N2.HI.H3P/c1-7(2,3)5-4-6;;/h5H2,1-3H3;1H;1H3/q+1;;/p-1. The van der Waals surface area contributed by atoms with E-state index in [2.05, 4.69) is 6.07 Å². The maximum absolute atomic E-state index is 8.14. The molecule has 0 saturated heterocycles. The van der Waals surface area contributed by atoms with Crippen molar-refractivity contribution in [1.82, 2.24) is 0 Å². The van der Waals surface area contributed by atoms with Crippen molar-refractivity contribution in [3.8, 4) is 6.07 Å². The van der Waals surface area contributed by atoms with E-state index < -0.39 is 0 Å². The van der Waals surface area contributed by atoms with Crippen molar-refractivity contribution >= 4 is 9.90 Å². The summed E-state index contributed by atoms with van der Waals surface area (Å²) in [5.41, 5.74) is 0. The summed E-state index contributed by atoms with van der Waals surface area (Å²) in [4.78, 5) is 0. The molecule has 0 spiro atoms. The maximum Gasteiger partial charge on any atom is 0.165 e. The summed E-state index contributed by atoms with van der Waals surface area (Å²) in [5.74, 6) is 0. The molecule has 0 aliphatic carbocycles. The molecule has 0 rings (SSSR count). The van der Waals surface area contributed by atoms with E-state index in [0.29, 0.717) is 6.54 Å². The predicted molar refractivity (Wildman–Crippen MR) is 39.6 cm³/mol. The van der Waals surface area contributed by atoms with Crippen LogP contribution in [0.2, 0.25) is 0 Å². The molecule has 0 aromatic carbocycles. The third-order valence-corrected chi connectivity index (χ3v) is 0.545. The van der Waals surface area contributed by atoms with Gasteiger partial charge in [-0.2, -0.15) is 15.2 Å². The van der Waals surface area contributed by atoms with Gasteiger partial charge in [0.2, 0.25) is 0 Å². The Morgan fingerprint density at radius 2 is 1.67 bits per heavy atom. The summed E-state index contributed by atoms with van der Waals surface area (Å²) in [5, 5.41) is 8.14. The van der Waals surface area contributed by atoms with Crippen LogP contribution in [0.4, 0.5) is 0 Å². The molecule has 0 fully saturated rings. The van der Waals surface area contributed by atoms with Gasteiger partial charge in [0.05, 0.1) is 21.1 Å². The zero-order chi connectivity index (χ0) is 5.91. The highest BCUT2D eigenvalue weighted by molar-refractivity contribution is 6.92. The molecule has 0 radical (unpaired) electrons. The summed E-state index contributed by atoms with van der Waals surface area (Å²) in [6.07, 6.45) is 0. The fourth-order valence-corrected chi connectivity index (χ4v) is 0.212. The first kappa shape index (κ1) is 16.3. The zero-order valence-corrected chi connectivity index (χ0v) is 9.76. The van der Waals surface area contributed by atoms with Crippen LogP contribution in [-0.4, -0.2) is 32.2 Å². The Morgan fingerprint density at radius 3 is 1.67 bits per heavy atom. The predicted octanol–water partition coefficient (Wildman–Crippen LogP) is -2.72. The van der Waals surface area contributed by atoms with Crippen molar-refractivity contribution in [2.24, 2.45) is 0 Å². The number of rotatable bonds is 1. The van der Waals surface area contributed by atoms with Crippen LogP contribution in [0.5, 0.6) is 0 Å². The summed E-state index contributed by atoms with van der Waals surface area (Å²) in [7, 11) is 5.97. The SMILES string of the molecule is C[N+](C)(C)CC#N.P.[I-].